The van der Waals surface area contributed by atoms with Gasteiger partial charge < -0.3 is 10.3 Å². The molecule has 4 nitrogen and oxygen atoms in total. The SMILES string of the molecule is O=C(Nc1ccc(C(F)(F)F)cc1F)C1CCCC(c2ccc(-c3ccc4nc[nH]c4c3)cc2)C1. The van der Waals surface area contributed by atoms with Crippen LogP contribution in [0.3, 0.4) is 0 Å². The van der Waals surface area contributed by atoms with E-state index < -0.39 is 17.6 Å². The van der Waals surface area contributed by atoms with Crippen LogP contribution in [0.2, 0.25) is 0 Å². The van der Waals surface area contributed by atoms with Gasteiger partial charge in [0.25, 0.3) is 0 Å². The molecule has 1 saturated carbocycles. The van der Waals surface area contributed by atoms with E-state index in [0.717, 1.165) is 52.7 Å². The van der Waals surface area contributed by atoms with Gasteiger partial charge in [-0.3, -0.25) is 4.79 Å². The number of nitrogens with one attached hydrogen (secondary N) is 2. The van der Waals surface area contributed by atoms with Crippen LogP contribution in [-0.2, 0) is 11.0 Å². The van der Waals surface area contributed by atoms with Crippen LogP contribution in [0.15, 0.2) is 67.0 Å². The van der Waals surface area contributed by atoms with Crippen molar-refractivity contribution in [1.29, 1.82) is 0 Å². The molecule has 180 valence electrons. The van der Waals surface area contributed by atoms with Crippen LogP contribution >= 0.6 is 0 Å². The molecular formula is C27H23F4N3O. The van der Waals surface area contributed by atoms with Gasteiger partial charge in [0, 0.05) is 5.92 Å². The number of nitrogens with zero attached hydrogens (tertiary/aromatic N) is 1. The second-order valence-electron chi connectivity index (χ2n) is 9.00. The van der Waals surface area contributed by atoms with E-state index in [1.54, 1.807) is 6.33 Å². The number of aromatic nitrogens is 2. The summed E-state index contributed by atoms with van der Waals surface area (Å²) in [4.78, 5) is 20.2. The predicted molar refractivity (Wildman–Crippen MR) is 126 cm³/mol. The monoisotopic (exact) mass is 481 g/mol. The van der Waals surface area contributed by atoms with Gasteiger partial charge in [-0.05, 0) is 72.2 Å². The van der Waals surface area contributed by atoms with E-state index in [2.05, 4.69) is 45.6 Å². The predicted octanol–water partition coefficient (Wildman–Crippen LogP) is 7.30. The molecule has 3 aromatic carbocycles. The number of aromatic amines is 1. The van der Waals surface area contributed by atoms with E-state index in [0.29, 0.717) is 18.9 Å². The van der Waals surface area contributed by atoms with Crippen LogP contribution in [0, 0.1) is 11.7 Å². The van der Waals surface area contributed by atoms with Crippen LogP contribution in [0.1, 0.15) is 42.7 Å². The highest BCUT2D eigenvalue weighted by molar-refractivity contribution is 5.92. The fourth-order valence-electron chi connectivity index (χ4n) is 4.82. The van der Waals surface area contributed by atoms with Gasteiger partial charge in [-0.15, -0.1) is 0 Å². The fourth-order valence-corrected chi connectivity index (χ4v) is 4.82. The maximum absolute atomic E-state index is 14.2. The van der Waals surface area contributed by atoms with Gasteiger partial charge in [-0.2, -0.15) is 13.2 Å². The van der Waals surface area contributed by atoms with Crippen molar-refractivity contribution in [2.24, 2.45) is 5.92 Å². The number of benzene rings is 3. The average molecular weight is 481 g/mol. The van der Waals surface area contributed by atoms with E-state index in [9.17, 15) is 22.4 Å². The molecule has 0 radical (unpaired) electrons. The van der Waals surface area contributed by atoms with Crippen molar-refractivity contribution in [1.82, 2.24) is 9.97 Å². The molecule has 4 aromatic rings. The van der Waals surface area contributed by atoms with E-state index >= 15 is 0 Å². The molecule has 1 aliphatic carbocycles. The van der Waals surface area contributed by atoms with Crippen LogP contribution in [0.4, 0.5) is 23.2 Å². The molecule has 1 heterocycles. The first-order valence-electron chi connectivity index (χ1n) is 11.5. The van der Waals surface area contributed by atoms with Gasteiger partial charge in [-0.1, -0.05) is 36.8 Å². The number of fused-ring (bicyclic) bond motifs is 1. The van der Waals surface area contributed by atoms with E-state index in [1.165, 1.54) is 0 Å². The van der Waals surface area contributed by atoms with E-state index in [-0.39, 0.29) is 23.4 Å². The Bertz CT molecular complexity index is 1360. The van der Waals surface area contributed by atoms with Crippen LogP contribution in [-0.4, -0.2) is 15.9 Å². The maximum Gasteiger partial charge on any atom is 0.416 e. The van der Waals surface area contributed by atoms with Crippen LogP contribution < -0.4 is 5.32 Å². The number of halogens is 4. The van der Waals surface area contributed by atoms with Crippen molar-refractivity contribution in [3.05, 3.63) is 83.9 Å². The third-order valence-electron chi connectivity index (χ3n) is 6.73. The molecular weight excluding hydrogens is 458 g/mol. The van der Waals surface area contributed by atoms with Gasteiger partial charge in [0.15, 0.2) is 0 Å². The fraction of sp³-hybridized carbons (Fsp3) is 0.259. The van der Waals surface area contributed by atoms with Crippen molar-refractivity contribution in [2.75, 3.05) is 5.32 Å². The van der Waals surface area contributed by atoms with Gasteiger partial charge >= 0.3 is 6.18 Å². The number of amides is 1. The summed E-state index contributed by atoms with van der Waals surface area (Å²) in [5.74, 6) is -1.61. The Morgan fingerprint density at radius 1 is 0.971 bits per heavy atom. The molecule has 8 heteroatoms. The Morgan fingerprint density at radius 3 is 2.49 bits per heavy atom. The lowest BCUT2D eigenvalue weighted by atomic mass is 9.77. The first-order chi connectivity index (χ1) is 16.8. The minimum absolute atomic E-state index is 0.182. The smallest absolute Gasteiger partial charge is 0.345 e. The van der Waals surface area contributed by atoms with Crippen molar-refractivity contribution in [3.63, 3.8) is 0 Å². The van der Waals surface area contributed by atoms with Crippen molar-refractivity contribution >= 4 is 22.6 Å². The van der Waals surface area contributed by atoms with Gasteiger partial charge in [0.2, 0.25) is 5.91 Å². The highest BCUT2D eigenvalue weighted by Gasteiger charge is 2.32. The quantitative estimate of drug-likeness (QED) is 0.301. The molecule has 0 saturated heterocycles. The summed E-state index contributed by atoms with van der Waals surface area (Å²) in [7, 11) is 0. The Labute approximate surface area is 199 Å². The van der Waals surface area contributed by atoms with Crippen LogP contribution in [0.5, 0.6) is 0 Å². The zero-order valence-corrected chi connectivity index (χ0v) is 18.7. The van der Waals surface area contributed by atoms with Crippen LogP contribution in [0.25, 0.3) is 22.2 Å². The number of carbonyl (C=O) groups excluding carboxylic acids is 1. The number of hydrogen-bond acceptors (Lipinski definition) is 2. The number of rotatable bonds is 4. The summed E-state index contributed by atoms with van der Waals surface area (Å²) < 4.78 is 52.5. The molecule has 2 N–H and O–H groups in total. The molecule has 1 fully saturated rings. The maximum atomic E-state index is 14.2. The minimum Gasteiger partial charge on any atom is -0.345 e. The first-order valence-corrected chi connectivity index (χ1v) is 11.5. The summed E-state index contributed by atoms with van der Waals surface area (Å²) >= 11 is 0. The Kier molecular flexibility index (Phi) is 6.05. The lowest BCUT2D eigenvalue weighted by Crippen LogP contribution is -2.28. The second kappa shape index (κ2) is 9.17. The number of anilines is 1. The van der Waals surface area contributed by atoms with Crippen molar-refractivity contribution in [3.8, 4) is 11.1 Å². The molecule has 1 aliphatic rings. The standard InChI is InChI=1S/C27H23F4N3O/c28-22-14-21(27(29,30)31)9-11-23(22)34-26(35)20-3-1-2-18(12-20)16-4-6-17(7-5-16)19-8-10-24-25(13-19)33-15-32-24/h4-11,13-15,18,20H,1-3,12H2,(H,32,33)(H,34,35). The molecule has 0 aliphatic heterocycles. The molecule has 1 aromatic heterocycles. The number of hydrogen-bond donors (Lipinski definition) is 2. The molecule has 35 heavy (non-hydrogen) atoms. The molecule has 2 unspecified atom stereocenters. The topological polar surface area (TPSA) is 57.8 Å². The van der Waals surface area contributed by atoms with Gasteiger partial charge in [0.1, 0.15) is 5.82 Å². The summed E-state index contributed by atoms with van der Waals surface area (Å²) in [6.07, 6.45) is 0.0786. The highest BCUT2D eigenvalue weighted by atomic mass is 19.4. The Morgan fingerprint density at radius 2 is 1.74 bits per heavy atom. The molecule has 5 rings (SSSR count). The summed E-state index contributed by atoms with van der Waals surface area (Å²) in [5, 5.41) is 2.48. The Balaban J connectivity index is 1.26. The molecule has 1 amide bonds. The van der Waals surface area contributed by atoms with E-state index in [4.69, 9.17) is 0 Å². The number of alkyl halides is 3. The van der Waals surface area contributed by atoms with E-state index in [1.807, 2.05) is 12.1 Å². The van der Waals surface area contributed by atoms with Crippen molar-refractivity contribution < 1.29 is 22.4 Å². The molecule has 2 atom stereocenters. The zero-order valence-electron chi connectivity index (χ0n) is 18.7. The van der Waals surface area contributed by atoms with Crippen molar-refractivity contribution in [2.45, 2.75) is 37.8 Å². The molecule has 0 spiro atoms. The lowest BCUT2D eigenvalue weighted by molar-refractivity contribution is -0.137. The molecule has 0 bridgehead atoms. The second-order valence-corrected chi connectivity index (χ2v) is 9.00. The van der Waals surface area contributed by atoms with Gasteiger partial charge in [-0.25, -0.2) is 9.37 Å². The largest absolute Gasteiger partial charge is 0.416 e. The van der Waals surface area contributed by atoms with Gasteiger partial charge in [0.05, 0.1) is 28.6 Å². The minimum atomic E-state index is -4.64. The number of carbonyl (C=O) groups is 1. The number of H-pyrrole nitrogens is 1. The normalized spacial score (nSPS) is 18.5. The first kappa shape index (κ1) is 23.1. The average Bonchev–Trinajstić information content (AvgIpc) is 3.33. The summed E-state index contributed by atoms with van der Waals surface area (Å²) in [6.45, 7) is 0. The Hall–Kier alpha value is -3.68. The zero-order chi connectivity index (χ0) is 24.6. The summed E-state index contributed by atoms with van der Waals surface area (Å²) in [5.41, 5.74) is 3.85. The third-order valence-corrected chi connectivity index (χ3v) is 6.73. The number of imidazole rings is 1. The highest BCUT2D eigenvalue weighted by Crippen LogP contribution is 2.38. The summed E-state index contributed by atoms with van der Waals surface area (Å²) in [6, 6.07) is 16.5. The lowest BCUT2D eigenvalue weighted by Gasteiger charge is -2.29. The third kappa shape index (κ3) is 4.92.